The van der Waals surface area contributed by atoms with Crippen molar-refractivity contribution in [2.45, 2.75) is 12.8 Å². The summed E-state index contributed by atoms with van der Waals surface area (Å²) >= 11 is 0. The predicted molar refractivity (Wildman–Crippen MR) is 44.9 cm³/mol. The van der Waals surface area contributed by atoms with Crippen molar-refractivity contribution in [2.24, 2.45) is 11.8 Å². The highest BCUT2D eigenvalue weighted by molar-refractivity contribution is 5.82. The highest BCUT2D eigenvalue weighted by atomic mass is 16.5. The molecule has 0 radical (unpaired) electrons. The number of Topliss-reactive ketones (excluding diaryl/α,β-unsaturated/α-hetero) is 1. The Morgan fingerprint density at radius 1 is 1.50 bits per heavy atom. The van der Waals surface area contributed by atoms with Gasteiger partial charge in [-0.25, -0.2) is 0 Å². The Hall–Kier alpha value is -0.410. The van der Waals surface area contributed by atoms with Crippen molar-refractivity contribution in [3.63, 3.8) is 0 Å². The van der Waals surface area contributed by atoms with Crippen LogP contribution in [-0.2, 0) is 9.53 Å². The molecule has 0 aliphatic carbocycles. The minimum atomic E-state index is 0.237. The summed E-state index contributed by atoms with van der Waals surface area (Å²) in [5.74, 6) is 1.16. The number of hydrogen-bond donors (Lipinski definition) is 1. The van der Waals surface area contributed by atoms with E-state index in [-0.39, 0.29) is 5.92 Å². The predicted octanol–water partition coefficient (Wildman–Crippen LogP) is 0.201. The van der Waals surface area contributed by atoms with Crippen LogP contribution in [0.1, 0.15) is 12.8 Å². The maximum absolute atomic E-state index is 11.5. The van der Waals surface area contributed by atoms with Crippen LogP contribution in [0.2, 0.25) is 0 Å². The van der Waals surface area contributed by atoms with E-state index in [1.807, 2.05) is 0 Å². The summed E-state index contributed by atoms with van der Waals surface area (Å²) in [6.07, 6.45) is 1.78. The molecule has 2 fully saturated rings. The normalized spacial score (nSPS) is 37.2. The van der Waals surface area contributed by atoms with E-state index in [1.54, 1.807) is 0 Å². The van der Waals surface area contributed by atoms with Crippen molar-refractivity contribution >= 4 is 5.78 Å². The fraction of sp³-hybridized carbons (Fsp3) is 0.889. The molecule has 0 aromatic rings. The Morgan fingerprint density at radius 3 is 3.08 bits per heavy atom. The number of carbonyl (C=O) groups is 1. The lowest BCUT2D eigenvalue weighted by atomic mass is 9.85. The van der Waals surface area contributed by atoms with E-state index >= 15 is 0 Å². The SMILES string of the molecule is O=C1CCNCC1C1CCOC1. The van der Waals surface area contributed by atoms with Crippen LogP contribution in [0.3, 0.4) is 0 Å². The monoisotopic (exact) mass is 169 g/mol. The summed E-state index contributed by atoms with van der Waals surface area (Å²) in [5.41, 5.74) is 0. The molecule has 2 saturated heterocycles. The van der Waals surface area contributed by atoms with Gasteiger partial charge in [-0.15, -0.1) is 0 Å². The standard InChI is InChI=1S/C9H15NO2/c11-9-1-3-10-5-8(9)7-2-4-12-6-7/h7-8,10H,1-6H2. The van der Waals surface area contributed by atoms with Crippen molar-refractivity contribution in [3.8, 4) is 0 Å². The summed E-state index contributed by atoms with van der Waals surface area (Å²) in [6, 6.07) is 0. The second-order valence-electron chi connectivity index (χ2n) is 3.65. The lowest BCUT2D eigenvalue weighted by molar-refractivity contribution is -0.125. The van der Waals surface area contributed by atoms with Gasteiger partial charge in [0.15, 0.2) is 0 Å². The van der Waals surface area contributed by atoms with Gasteiger partial charge in [-0.2, -0.15) is 0 Å². The summed E-state index contributed by atoms with van der Waals surface area (Å²) in [4.78, 5) is 11.5. The first-order chi connectivity index (χ1) is 5.88. The number of ether oxygens (including phenoxy) is 1. The third kappa shape index (κ3) is 1.52. The highest BCUT2D eigenvalue weighted by Gasteiger charge is 2.32. The Morgan fingerprint density at radius 2 is 2.42 bits per heavy atom. The van der Waals surface area contributed by atoms with Crippen LogP contribution in [0.5, 0.6) is 0 Å². The molecule has 0 saturated carbocycles. The van der Waals surface area contributed by atoms with E-state index in [2.05, 4.69) is 5.32 Å². The summed E-state index contributed by atoms with van der Waals surface area (Å²) in [6.45, 7) is 3.36. The van der Waals surface area contributed by atoms with E-state index in [4.69, 9.17) is 4.74 Å². The highest BCUT2D eigenvalue weighted by Crippen LogP contribution is 2.24. The first kappa shape index (κ1) is 8.20. The van der Waals surface area contributed by atoms with Gasteiger partial charge in [-0.05, 0) is 12.3 Å². The Balaban J connectivity index is 1.95. The molecule has 1 N–H and O–H groups in total. The number of hydrogen-bond acceptors (Lipinski definition) is 3. The zero-order valence-electron chi connectivity index (χ0n) is 7.21. The van der Waals surface area contributed by atoms with Crippen LogP contribution in [-0.4, -0.2) is 32.1 Å². The van der Waals surface area contributed by atoms with Gasteiger partial charge >= 0.3 is 0 Å². The molecule has 3 heteroatoms. The van der Waals surface area contributed by atoms with Crippen LogP contribution < -0.4 is 5.32 Å². The largest absolute Gasteiger partial charge is 0.381 e. The Bertz CT molecular complexity index is 175. The lowest BCUT2D eigenvalue weighted by Crippen LogP contribution is -2.41. The van der Waals surface area contributed by atoms with E-state index in [0.29, 0.717) is 18.1 Å². The molecule has 12 heavy (non-hydrogen) atoms. The third-order valence-electron chi connectivity index (χ3n) is 2.86. The smallest absolute Gasteiger partial charge is 0.138 e. The van der Waals surface area contributed by atoms with Crippen LogP contribution in [0, 0.1) is 11.8 Å². The molecule has 2 heterocycles. The van der Waals surface area contributed by atoms with E-state index in [1.165, 1.54) is 0 Å². The van der Waals surface area contributed by atoms with Gasteiger partial charge < -0.3 is 10.1 Å². The van der Waals surface area contributed by atoms with E-state index in [9.17, 15) is 4.79 Å². The minimum absolute atomic E-state index is 0.237. The molecule has 0 aromatic carbocycles. The average molecular weight is 169 g/mol. The van der Waals surface area contributed by atoms with Crippen molar-refractivity contribution in [1.82, 2.24) is 5.32 Å². The Kier molecular flexibility index (Phi) is 2.42. The number of nitrogens with one attached hydrogen (secondary N) is 1. The van der Waals surface area contributed by atoms with Crippen LogP contribution in [0.4, 0.5) is 0 Å². The summed E-state index contributed by atoms with van der Waals surface area (Å²) in [7, 11) is 0. The molecule has 3 nitrogen and oxygen atoms in total. The number of piperidine rings is 1. The van der Waals surface area contributed by atoms with Gasteiger partial charge in [0.2, 0.25) is 0 Å². The zero-order chi connectivity index (χ0) is 8.39. The van der Waals surface area contributed by atoms with Gasteiger partial charge in [0.05, 0.1) is 6.61 Å². The molecule has 0 aromatic heterocycles. The molecule has 2 aliphatic heterocycles. The third-order valence-corrected chi connectivity index (χ3v) is 2.86. The fourth-order valence-corrected chi connectivity index (χ4v) is 2.07. The maximum Gasteiger partial charge on any atom is 0.138 e. The molecule has 2 atom stereocenters. The van der Waals surface area contributed by atoms with Crippen molar-refractivity contribution in [1.29, 1.82) is 0 Å². The topological polar surface area (TPSA) is 38.3 Å². The molecule has 2 unspecified atom stereocenters. The van der Waals surface area contributed by atoms with Crippen molar-refractivity contribution in [2.75, 3.05) is 26.3 Å². The molecule has 0 bridgehead atoms. The van der Waals surface area contributed by atoms with Gasteiger partial charge in [-0.1, -0.05) is 0 Å². The lowest BCUT2D eigenvalue weighted by Gasteiger charge is -2.25. The van der Waals surface area contributed by atoms with Gasteiger partial charge in [-0.3, -0.25) is 4.79 Å². The minimum Gasteiger partial charge on any atom is -0.381 e. The quantitative estimate of drug-likeness (QED) is 0.609. The first-order valence-corrected chi connectivity index (χ1v) is 4.69. The van der Waals surface area contributed by atoms with Gasteiger partial charge in [0.1, 0.15) is 5.78 Å². The van der Waals surface area contributed by atoms with Gasteiger partial charge in [0.25, 0.3) is 0 Å². The number of ketones is 1. The Labute approximate surface area is 72.5 Å². The van der Waals surface area contributed by atoms with Gasteiger partial charge in [0, 0.05) is 32.0 Å². The molecule has 0 spiro atoms. The zero-order valence-corrected chi connectivity index (χ0v) is 7.21. The molecular weight excluding hydrogens is 154 g/mol. The molecular formula is C9H15NO2. The van der Waals surface area contributed by atoms with E-state index in [0.717, 1.165) is 32.7 Å². The van der Waals surface area contributed by atoms with Crippen LogP contribution in [0.15, 0.2) is 0 Å². The number of rotatable bonds is 1. The second kappa shape index (κ2) is 3.54. The summed E-state index contributed by atoms with van der Waals surface area (Å²) in [5, 5.41) is 3.27. The molecule has 2 aliphatic rings. The average Bonchev–Trinajstić information content (AvgIpc) is 2.57. The van der Waals surface area contributed by atoms with E-state index < -0.39 is 0 Å². The van der Waals surface area contributed by atoms with Crippen LogP contribution >= 0.6 is 0 Å². The van der Waals surface area contributed by atoms with Crippen LogP contribution in [0.25, 0.3) is 0 Å². The molecule has 68 valence electrons. The maximum atomic E-state index is 11.5. The van der Waals surface area contributed by atoms with Crippen molar-refractivity contribution in [3.05, 3.63) is 0 Å². The first-order valence-electron chi connectivity index (χ1n) is 4.69. The molecule has 2 rings (SSSR count). The number of carbonyl (C=O) groups excluding carboxylic acids is 1. The van der Waals surface area contributed by atoms with Crippen molar-refractivity contribution < 1.29 is 9.53 Å². The second-order valence-corrected chi connectivity index (χ2v) is 3.65. The summed E-state index contributed by atoms with van der Waals surface area (Å²) < 4.78 is 5.28. The molecule has 0 amide bonds. The fourth-order valence-electron chi connectivity index (χ4n) is 2.07.